The van der Waals surface area contributed by atoms with Gasteiger partial charge < -0.3 is 151 Å². The number of aliphatic hydroxyl groups is 10. The number of nitrogens with two attached hydrogens (primary N) is 2. The lowest BCUT2D eigenvalue weighted by Gasteiger charge is -2.48. The third-order valence-corrected chi connectivity index (χ3v) is 15.2. The molecule has 36 heteroatoms. The molecule has 86 heavy (non-hydrogen) atoms. The second kappa shape index (κ2) is 33.6. The van der Waals surface area contributed by atoms with Gasteiger partial charge in [-0.25, -0.2) is 9.59 Å². The van der Waals surface area contributed by atoms with E-state index in [4.69, 9.17) is 68.3 Å². The van der Waals surface area contributed by atoms with Crippen molar-refractivity contribution in [2.24, 2.45) is 11.5 Å². The number of amides is 4. The number of carboxylic acid groups (broad SMARTS) is 2. The van der Waals surface area contributed by atoms with Gasteiger partial charge in [0.05, 0.1) is 68.9 Å². The fourth-order valence-electron chi connectivity index (χ4n) is 10.9. The Morgan fingerprint density at radius 2 is 0.663 bits per heavy atom. The Morgan fingerprint density at radius 1 is 0.384 bits per heavy atom. The molecule has 498 valence electrons. The van der Waals surface area contributed by atoms with E-state index in [1.165, 1.54) is 49.0 Å². The quantitative estimate of drug-likeness (QED) is 0.0571. The van der Waals surface area contributed by atoms with Crippen LogP contribution >= 0.6 is 0 Å². The van der Waals surface area contributed by atoms with E-state index < -0.39 is 239 Å². The fraction of sp³-hybridized carbons (Fsp3) is 0.880. The fourth-order valence-corrected chi connectivity index (χ4v) is 10.9. The van der Waals surface area contributed by atoms with Gasteiger partial charge in [-0.05, 0) is 20.8 Å². The maximum Gasteiger partial charge on any atom is 0.335 e. The Labute approximate surface area is 493 Å². The van der Waals surface area contributed by atoms with Crippen LogP contribution in [-0.4, -0.2) is 328 Å². The number of carboxylic acids is 2. The van der Waals surface area contributed by atoms with Crippen LogP contribution in [0.2, 0.25) is 0 Å². The lowest BCUT2D eigenvalue weighted by atomic mass is 9.92. The highest BCUT2D eigenvalue weighted by Crippen LogP contribution is 2.33. The number of rotatable bonds is 19. The molecule has 20 N–H and O–H groups in total. The monoisotopic (exact) mass is 1250 g/mol. The minimum absolute atomic E-state index is 0.389. The van der Waals surface area contributed by atoms with Gasteiger partial charge in [0.2, 0.25) is 23.6 Å². The van der Waals surface area contributed by atoms with Crippen LogP contribution in [0.25, 0.3) is 0 Å². The molecule has 0 aliphatic carbocycles. The Balaban J connectivity index is 0.000000278. The van der Waals surface area contributed by atoms with Gasteiger partial charge >= 0.3 is 11.9 Å². The number of nitrogens with one attached hydrogen (secondary N) is 4. The molecule has 6 rings (SSSR count). The van der Waals surface area contributed by atoms with Crippen molar-refractivity contribution >= 4 is 35.6 Å². The van der Waals surface area contributed by atoms with Crippen LogP contribution in [0.4, 0.5) is 0 Å². The summed E-state index contributed by atoms with van der Waals surface area (Å²) in [4.78, 5) is 69.3. The van der Waals surface area contributed by atoms with Crippen LogP contribution in [0, 0.1) is 0 Å². The highest BCUT2D eigenvalue weighted by Gasteiger charge is 2.56. The third-order valence-electron chi connectivity index (χ3n) is 15.2. The van der Waals surface area contributed by atoms with Gasteiger partial charge in [-0.15, -0.1) is 0 Å². The molecule has 30 atom stereocenters. The zero-order valence-electron chi connectivity index (χ0n) is 49.0. The van der Waals surface area contributed by atoms with Gasteiger partial charge in [-0.1, -0.05) is 0 Å². The van der Waals surface area contributed by atoms with Crippen molar-refractivity contribution in [2.45, 2.75) is 232 Å². The molecule has 0 aromatic carbocycles. The highest BCUT2D eigenvalue weighted by molar-refractivity contribution is 5.76. The number of aliphatic carboxylic acids is 2. The maximum atomic E-state index is 11.7. The summed E-state index contributed by atoms with van der Waals surface area (Å²) in [6.45, 7) is 7.80. The van der Waals surface area contributed by atoms with Gasteiger partial charge in [0.1, 0.15) is 110 Å². The normalized spacial score (nSPS) is 43.3. The van der Waals surface area contributed by atoms with Crippen LogP contribution in [0.15, 0.2) is 0 Å². The molecule has 0 spiro atoms. The van der Waals surface area contributed by atoms with E-state index in [0.717, 1.165) is 0 Å². The number of carbonyl (C=O) groups is 6. The summed E-state index contributed by atoms with van der Waals surface area (Å²) >= 11 is 0. The molecule has 0 bridgehead atoms. The van der Waals surface area contributed by atoms with Gasteiger partial charge in [0.25, 0.3) is 0 Å². The van der Waals surface area contributed by atoms with Gasteiger partial charge in [-0.3, -0.25) is 19.2 Å². The minimum Gasteiger partial charge on any atom is -0.479 e. The zero-order chi connectivity index (χ0) is 64.9. The Morgan fingerprint density at radius 3 is 1.02 bits per heavy atom. The van der Waals surface area contributed by atoms with Crippen LogP contribution in [0.3, 0.4) is 0 Å². The number of hydrogen-bond acceptors (Lipinski definition) is 30. The first-order valence-corrected chi connectivity index (χ1v) is 27.4. The van der Waals surface area contributed by atoms with Crippen LogP contribution < -0.4 is 32.7 Å². The summed E-state index contributed by atoms with van der Waals surface area (Å²) in [5.74, 6) is -4.67. The van der Waals surface area contributed by atoms with Crippen LogP contribution in [0.5, 0.6) is 0 Å². The van der Waals surface area contributed by atoms with E-state index >= 15 is 0 Å². The predicted octanol–water partition coefficient (Wildman–Crippen LogP) is -10.3. The van der Waals surface area contributed by atoms with Gasteiger partial charge in [-0.2, -0.15) is 0 Å². The summed E-state index contributed by atoms with van der Waals surface area (Å²) < 4.78 is 65.7. The van der Waals surface area contributed by atoms with Crippen molar-refractivity contribution < 1.29 is 147 Å². The van der Waals surface area contributed by atoms with Crippen molar-refractivity contribution in [3.8, 4) is 0 Å². The van der Waals surface area contributed by atoms with Gasteiger partial charge in [0, 0.05) is 49.0 Å². The predicted molar refractivity (Wildman–Crippen MR) is 282 cm³/mol. The minimum atomic E-state index is -1.64. The molecule has 6 fully saturated rings. The summed E-state index contributed by atoms with van der Waals surface area (Å²) in [5, 5.41) is 131. The molecular weight excluding hydrogens is 1160 g/mol. The summed E-state index contributed by atoms with van der Waals surface area (Å²) in [7, 11) is 3.73. The second-order valence-corrected chi connectivity index (χ2v) is 21.3. The first-order valence-electron chi connectivity index (χ1n) is 27.4. The number of hydrogen-bond donors (Lipinski definition) is 18. The molecule has 0 radical (unpaired) electrons. The molecule has 12 unspecified atom stereocenters. The lowest BCUT2D eigenvalue weighted by molar-refractivity contribution is -0.315. The number of ether oxygens (including phenoxy) is 12. The Kier molecular flexibility index (Phi) is 29.1. The molecule has 36 nitrogen and oxygen atoms in total. The van der Waals surface area contributed by atoms with Crippen molar-refractivity contribution in [3.63, 3.8) is 0 Å². The molecule has 6 aliphatic rings. The SMILES string of the molecule is CO[C@@H]1C(C(=O)O)O[C@@H](O[C@H]2C(O)C(N)[C@H](C)O[C@H]2CO)C(N)[C@H]1O.CO[C@@H]1C(C(=O)O)O[C@@H](O[C@H]2C(O)C(NC(C)=O)[C@H](C)O[C@H]2CO)C(NC(C)=O)[C@H]1O.CO[C@@H]1C(CO)O[C@@H](O[C@H]2C(O)C(NC(C)=O)[C@H](C)O[C@H]2CO)C(NC(C)=O)[C@H]1O. The third kappa shape index (κ3) is 18.1. The average molecular weight is 1250 g/mol. The molecule has 0 aromatic rings. The highest BCUT2D eigenvalue weighted by atomic mass is 16.7. The first-order chi connectivity index (χ1) is 40.4. The molecule has 4 amide bonds. The number of carbonyl (C=O) groups excluding carboxylic acids is 4. The van der Waals surface area contributed by atoms with E-state index in [1.807, 2.05) is 0 Å². The molecule has 6 saturated heterocycles. The van der Waals surface area contributed by atoms with E-state index in [0.29, 0.717) is 0 Å². The first kappa shape index (κ1) is 74.3. The van der Waals surface area contributed by atoms with E-state index in [1.54, 1.807) is 20.8 Å². The smallest absolute Gasteiger partial charge is 0.335 e. The molecule has 6 heterocycles. The lowest BCUT2D eigenvalue weighted by Crippen LogP contribution is -2.69. The summed E-state index contributed by atoms with van der Waals surface area (Å²) in [6, 6.07) is -6.03. The van der Waals surface area contributed by atoms with Gasteiger partial charge in [0.15, 0.2) is 31.1 Å². The summed E-state index contributed by atoms with van der Waals surface area (Å²) in [6.07, 6.45) is -28.3. The maximum absolute atomic E-state index is 11.7. The van der Waals surface area contributed by atoms with Crippen LogP contribution in [-0.2, 0) is 85.6 Å². The van der Waals surface area contributed by atoms with Crippen molar-refractivity contribution in [1.82, 2.24) is 21.3 Å². The van der Waals surface area contributed by atoms with E-state index in [-0.39, 0.29) is 5.91 Å². The average Bonchev–Trinajstić information content (AvgIpc) is 1.77. The number of aliphatic hydroxyl groups excluding tert-OH is 10. The number of methoxy groups -OCH3 is 3. The molecule has 0 saturated carbocycles. The standard InChI is InChI=1S/C18H30N2O11.C18H32N2O10.C14H26N2O9/c1-6-10(19-7(2)22)12(24)14(9(5-21)29-6)30-18-11(20-8(3)23)13(25)15(28-4)16(31-18)17(26)27;1-7-12(19-8(2)23)14(25)17(11(6-22)28-7)30-18-13(20-9(3)24)15(26)16(27-4)10(5-21)29-18;1-4-6(15)8(18)10(5(3-17)23-4)24-14-7(16)9(19)11(22-2)12(25-14)13(20)21/h6,9-16,18,21,24-25H,5H2,1-4H3,(H,19,22)(H,20,23)(H,26,27);7,10-18,21-22,25-26H,5-6H2,1-4H3,(H,19,23)(H,20,24);4-12,14,17-19H,3,15-16H2,1-2H3,(H,20,21)/t6-,9-,10?,11?,12?,13+,14+,15-,16?,18+;7-,10?,11-,12?,13?,14?,15+,16+,17+,18-;4-,5-,6?,7?,8?,9+,10+,11-,12?,14+/m000/s1. The van der Waals surface area contributed by atoms with Crippen molar-refractivity contribution in [2.75, 3.05) is 47.8 Å². The molecular formula is C50H88N6O30. The van der Waals surface area contributed by atoms with Crippen LogP contribution in [0.1, 0.15) is 48.5 Å². The van der Waals surface area contributed by atoms with Crippen molar-refractivity contribution in [3.05, 3.63) is 0 Å². The van der Waals surface area contributed by atoms with Crippen molar-refractivity contribution in [1.29, 1.82) is 0 Å². The van der Waals surface area contributed by atoms with E-state index in [9.17, 15) is 90.0 Å². The Bertz CT molecular complexity index is 2180. The van der Waals surface area contributed by atoms with E-state index in [2.05, 4.69) is 21.3 Å². The molecule has 6 aliphatic heterocycles. The second-order valence-electron chi connectivity index (χ2n) is 21.3. The summed E-state index contributed by atoms with van der Waals surface area (Å²) in [5.41, 5.74) is 11.7. The molecule has 0 aromatic heterocycles. The topological polar surface area (TPSA) is 556 Å². The largest absolute Gasteiger partial charge is 0.479 e. The Hall–Kier alpha value is -4.14. The zero-order valence-corrected chi connectivity index (χ0v) is 49.0.